The molecule has 1 aromatic heterocycles. The van der Waals surface area contributed by atoms with Crippen LogP contribution < -0.4 is 9.47 Å². The summed E-state index contributed by atoms with van der Waals surface area (Å²) in [7, 11) is 0. The van der Waals surface area contributed by atoms with Gasteiger partial charge in [-0.2, -0.15) is 0 Å². The number of amides is 1. The van der Waals surface area contributed by atoms with Gasteiger partial charge in [-0.3, -0.25) is 4.79 Å². The van der Waals surface area contributed by atoms with Crippen LogP contribution in [0.1, 0.15) is 27.2 Å². The fourth-order valence-electron chi connectivity index (χ4n) is 4.73. The highest BCUT2D eigenvalue weighted by molar-refractivity contribution is 5.96. The van der Waals surface area contributed by atoms with Crippen LogP contribution in [0, 0.1) is 0 Å². The van der Waals surface area contributed by atoms with Crippen molar-refractivity contribution in [1.29, 1.82) is 0 Å². The zero-order chi connectivity index (χ0) is 20.8. The van der Waals surface area contributed by atoms with Gasteiger partial charge in [-0.25, -0.2) is 0 Å². The molecule has 1 amide bonds. The topological polar surface area (TPSA) is 43.7 Å². The van der Waals surface area contributed by atoms with Crippen LogP contribution >= 0.6 is 0 Å². The molecule has 0 unspecified atom stereocenters. The van der Waals surface area contributed by atoms with Crippen molar-refractivity contribution in [2.45, 2.75) is 19.5 Å². The molecule has 4 aromatic rings. The van der Waals surface area contributed by atoms with Crippen molar-refractivity contribution < 1.29 is 14.3 Å². The summed E-state index contributed by atoms with van der Waals surface area (Å²) >= 11 is 0. The highest BCUT2D eigenvalue weighted by Crippen LogP contribution is 2.35. The van der Waals surface area contributed by atoms with E-state index in [4.69, 9.17) is 9.47 Å². The summed E-state index contributed by atoms with van der Waals surface area (Å²) in [5.74, 6) is 1.37. The molecule has 0 saturated heterocycles. The maximum absolute atomic E-state index is 13.3. The molecule has 0 saturated carbocycles. The number of para-hydroxylation sites is 1. The third kappa shape index (κ3) is 3.05. The number of benzene rings is 3. The molecule has 0 aliphatic carbocycles. The predicted molar refractivity (Wildman–Crippen MR) is 118 cm³/mol. The van der Waals surface area contributed by atoms with E-state index in [1.54, 1.807) is 6.07 Å². The van der Waals surface area contributed by atoms with Gasteiger partial charge < -0.3 is 18.9 Å². The Bertz CT molecular complexity index is 1290. The van der Waals surface area contributed by atoms with Crippen LogP contribution in [0.5, 0.6) is 11.5 Å². The molecule has 0 radical (unpaired) electrons. The van der Waals surface area contributed by atoms with E-state index < -0.39 is 0 Å². The number of hydrogen-bond donors (Lipinski definition) is 0. The Labute approximate surface area is 180 Å². The summed E-state index contributed by atoms with van der Waals surface area (Å²) in [6.45, 7) is 2.37. The summed E-state index contributed by atoms with van der Waals surface area (Å²) in [4.78, 5) is 15.2. The SMILES string of the molecule is O=C(c1ccc2c(c1)OCO2)N1CCc2c(c3ccccc3n2Cc2ccccc2)C1. The van der Waals surface area contributed by atoms with E-state index in [0.717, 1.165) is 13.0 Å². The maximum Gasteiger partial charge on any atom is 0.254 e. The average Bonchev–Trinajstić information content (AvgIpc) is 3.42. The van der Waals surface area contributed by atoms with E-state index in [1.807, 2.05) is 23.1 Å². The van der Waals surface area contributed by atoms with Crippen molar-refractivity contribution in [3.8, 4) is 11.5 Å². The number of rotatable bonds is 3. The highest BCUT2D eigenvalue weighted by Gasteiger charge is 2.28. The number of fused-ring (bicyclic) bond motifs is 4. The Kier molecular flexibility index (Phi) is 4.20. The molecule has 0 N–H and O–H groups in total. The zero-order valence-electron chi connectivity index (χ0n) is 17.1. The minimum atomic E-state index is 0.0313. The van der Waals surface area contributed by atoms with Crippen LogP contribution in [0.2, 0.25) is 0 Å². The number of nitrogens with zero attached hydrogens (tertiary/aromatic N) is 2. The lowest BCUT2D eigenvalue weighted by Crippen LogP contribution is -2.36. The van der Waals surface area contributed by atoms with Gasteiger partial charge in [0.1, 0.15) is 0 Å². The van der Waals surface area contributed by atoms with Gasteiger partial charge >= 0.3 is 0 Å². The standard InChI is InChI=1S/C26H22N2O3/c29-26(19-10-11-24-25(14-19)31-17-30-24)27-13-12-23-21(16-27)20-8-4-5-9-22(20)28(23)15-18-6-2-1-3-7-18/h1-11,14H,12-13,15-17H2. The third-order valence-electron chi connectivity index (χ3n) is 6.25. The third-order valence-corrected chi connectivity index (χ3v) is 6.25. The van der Waals surface area contributed by atoms with Crippen molar-refractivity contribution in [2.75, 3.05) is 13.3 Å². The fraction of sp³-hybridized carbons (Fsp3) is 0.192. The maximum atomic E-state index is 13.3. The Morgan fingerprint density at radius 2 is 1.71 bits per heavy atom. The van der Waals surface area contributed by atoms with E-state index in [9.17, 15) is 4.79 Å². The summed E-state index contributed by atoms with van der Waals surface area (Å²) < 4.78 is 13.2. The van der Waals surface area contributed by atoms with Gasteiger partial charge in [0.05, 0.1) is 0 Å². The first-order valence-corrected chi connectivity index (χ1v) is 10.6. The summed E-state index contributed by atoms with van der Waals surface area (Å²) in [6.07, 6.45) is 0.840. The van der Waals surface area contributed by atoms with E-state index in [1.165, 1.54) is 27.7 Å². The summed E-state index contributed by atoms with van der Waals surface area (Å²) in [6, 6.07) is 24.5. The molecule has 3 aromatic carbocycles. The van der Waals surface area contributed by atoms with Crippen LogP contribution in [0.3, 0.4) is 0 Å². The van der Waals surface area contributed by atoms with Gasteiger partial charge in [-0.1, -0.05) is 48.5 Å². The first-order valence-electron chi connectivity index (χ1n) is 10.6. The van der Waals surface area contributed by atoms with Crippen LogP contribution in [0.25, 0.3) is 10.9 Å². The Hall–Kier alpha value is -3.73. The predicted octanol–water partition coefficient (Wildman–Crippen LogP) is 4.62. The van der Waals surface area contributed by atoms with Gasteiger partial charge in [-0.05, 0) is 29.8 Å². The van der Waals surface area contributed by atoms with Gasteiger partial charge in [0.25, 0.3) is 5.91 Å². The number of aromatic nitrogens is 1. The molecule has 0 spiro atoms. The van der Waals surface area contributed by atoms with E-state index >= 15 is 0 Å². The van der Waals surface area contributed by atoms with Crippen molar-refractivity contribution in [2.24, 2.45) is 0 Å². The molecule has 6 rings (SSSR count). The molecule has 0 fully saturated rings. The van der Waals surface area contributed by atoms with Gasteiger partial charge in [-0.15, -0.1) is 0 Å². The number of ether oxygens (including phenoxy) is 2. The first-order chi connectivity index (χ1) is 15.3. The number of hydrogen-bond acceptors (Lipinski definition) is 3. The van der Waals surface area contributed by atoms with Crippen LogP contribution in [0.15, 0.2) is 72.8 Å². The minimum Gasteiger partial charge on any atom is -0.454 e. The molecular weight excluding hydrogens is 388 g/mol. The molecule has 0 bridgehead atoms. The quantitative estimate of drug-likeness (QED) is 0.495. The first kappa shape index (κ1) is 18.1. The molecular formula is C26H22N2O3. The normalized spacial score (nSPS) is 14.6. The van der Waals surface area contributed by atoms with Crippen molar-refractivity contribution in [1.82, 2.24) is 9.47 Å². The molecule has 5 heteroatoms. The fourth-order valence-corrected chi connectivity index (χ4v) is 4.73. The lowest BCUT2D eigenvalue weighted by molar-refractivity contribution is 0.0733. The molecule has 154 valence electrons. The molecule has 31 heavy (non-hydrogen) atoms. The highest BCUT2D eigenvalue weighted by atomic mass is 16.7. The van der Waals surface area contributed by atoms with Crippen molar-refractivity contribution in [3.63, 3.8) is 0 Å². The smallest absolute Gasteiger partial charge is 0.254 e. The summed E-state index contributed by atoms with van der Waals surface area (Å²) in [5, 5.41) is 1.23. The molecule has 3 heterocycles. The van der Waals surface area contributed by atoms with E-state index in [0.29, 0.717) is 30.2 Å². The molecule has 2 aliphatic heterocycles. The minimum absolute atomic E-state index is 0.0313. The second-order valence-electron chi connectivity index (χ2n) is 8.06. The zero-order valence-corrected chi connectivity index (χ0v) is 17.1. The summed E-state index contributed by atoms with van der Waals surface area (Å²) in [5.41, 5.74) is 5.74. The Balaban J connectivity index is 1.35. The van der Waals surface area contributed by atoms with Crippen molar-refractivity contribution >= 4 is 16.8 Å². The Morgan fingerprint density at radius 1 is 0.903 bits per heavy atom. The number of carbonyl (C=O) groups is 1. The van der Waals surface area contributed by atoms with Gasteiger partial charge in [0, 0.05) is 53.8 Å². The average molecular weight is 410 g/mol. The number of carbonyl (C=O) groups excluding carboxylic acids is 1. The molecule has 0 atom stereocenters. The van der Waals surface area contributed by atoms with Crippen LogP contribution in [-0.2, 0) is 19.5 Å². The lowest BCUT2D eigenvalue weighted by atomic mass is 10.0. The second-order valence-corrected chi connectivity index (χ2v) is 8.06. The van der Waals surface area contributed by atoms with E-state index in [2.05, 4.69) is 53.1 Å². The molecule has 5 nitrogen and oxygen atoms in total. The monoisotopic (exact) mass is 410 g/mol. The van der Waals surface area contributed by atoms with Gasteiger partial charge in [0.2, 0.25) is 6.79 Å². The van der Waals surface area contributed by atoms with Crippen molar-refractivity contribution in [3.05, 3.63) is 95.2 Å². The van der Waals surface area contributed by atoms with Gasteiger partial charge in [0.15, 0.2) is 11.5 Å². The molecule has 2 aliphatic rings. The van der Waals surface area contributed by atoms with Crippen LogP contribution in [-0.4, -0.2) is 28.7 Å². The largest absolute Gasteiger partial charge is 0.454 e. The Morgan fingerprint density at radius 3 is 2.61 bits per heavy atom. The van der Waals surface area contributed by atoms with Crippen LogP contribution in [0.4, 0.5) is 0 Å². The second kappa shape index (κ2) is 7.20. The lowest BCUT2D eigenvalue weighted by Gasteiger charge is -2.28. The van der Waals surface area contributed by atoms with E-state index in [-0.39, 0.29) is 12.7 Å².